The molecule has 0 N–H and O–H groups in total. The van der Waals surface area contributed by atoms with E-state index in [2.05, 4.69) is 39.5 Å². The molecule has 0 spiro atoms. The van der Waals surface area contributed by atoms with Gasteiger partial charge >= 0.3 is 0 Å². The Balaban J connectivity index is 2.85. The maximum atomic E-state index is 3.82. The molecule has 0 saturated heterocycles. The average molecular weight is 171 g/mol. The van der Waals surface area contributed by atoms with Crippen LogP contribution in [0.5, 0.6) is 0 Å². The van der Waals surface area contributed by atoms with Gasteiger partial charge in [-0.3, -0.25) is 0 Å². The molecule has 1 aromatic carbocycles. The predicted molar refractivity (Wildman–Crippen MR) is 57.2 cm³/mol. The topological polar surface area (TPSA) is 0 Å². The van der Waals surface area contributed by atoms with Gasteiger partial charge in [0.05, 0.1) is 0 Å². The Labute approximate surface area is 81.0 Å². The fourth-order valence-corrected chi connectivity index (χ4v) is 0.848. The lowest BCUT2D eigenvalue weighted by Crippen LogP contribution is -1.99. The number of benzene rings is 1. The van der Waals surface area contributed by atoms with Crippen molar-refractivity contribution in [2.24, 2.45) is 5.41 Å². The van der Waals surface area contributed by atoms with Gasteiger partial charge in [0.15, 0.2) is 0 Å². The van der Waals surface area contributed by atoms with Gasteiger partial charge in [0.2, 0.25) is 0 Å². The van der Waals surface area contributed by atoms with E-state index in [-0.39, 0.29) is 5.41 Å². The second-order valence-corrected chi connectivity index (χ2v) is 4.20. The van der Waals surface area contributed by atoms with Crippen LogP contribution in [0.15, 0.2) is 24.3 Å². The number of hydrogen-bond donors (Lipinski definition) is 0. The highest BCUT2D eigenvalue weighted by molar-refractivity contribution is 5.37. The molecule has 1 rings (SSSR count). The van der Waals surface area contributed by atoms with E-state index in [0.717, 1.165) is 11.1 Å². The van der Waals surface area contributed by atoms with Crippen LogP contribution in [-0.4, -0.2) is 0 Å². The van der Waals surface area contributed by atoms with Gasteiger partial charge in [-0.15, -0.1) is 0 Å². The normalized spacial score (nSPS) is 10.5. The van der Waals surface area contributed by atoms with Crippen LogP contribution in [0.2, 0.25) is 0 Å². The maximum absolute atomic E-state index is 3.82. The molecule has 0 nitrogen and oxygen atoms in total. The van der Waals surface area contributed by atoms with E-state index in [9.17, 15) is 0 Å². The minimum Gasteiger partial charge on any atom is -0.0920 e. The van der Waals surface area contributed by atoms with Crippen molar-refractivity contribution < 1.29 is 0 Å². The Morgan fingerprint density at radius 1 is 1.08 bits per heavy atom. The molecule has 67 valence electrons. The first-order valence-electron chi connectivity index (χ1n) is 4.42. The fraction of sp³-hybridized carbons (Fsp3) is 0.308. The van der Waals surface area contributed by atoms with E-state index >= 15 is 0 Å². The molecule has 0 heterocycles. The zero-order valence-corrected chi connectivity index (χ0v) is 8.52. The summed E-state index contributed by atoms with van der Waals surface area (Å²) in [6.07, 6.45) is 0. The highest BCUT2D eigenvalue weighted by Gasteiger charge is 2.02. The molecular formula is C13H15. The predicted octanol–water partition coefficient (Wildman–Crippen LogP) is 3.27. The molecule has 0 aliphatic heterocycles. The monoisotopic (exact) mass is 171 g/mol. The summed E-state index contributed by atoms with van der Waals surface area (Å²) >= 11 is 0. The van der Waals surface area contributed by atoms with E-state index in [1.807, 2.05) is 24.3 Å². The Morgan fingerprint density at radius 3 is 2.08 bits per heavy atom. The molecule has 0 fully saturated rings. The van der Waals surface area contributed by atoms with Crippen molar-refractivity contribution in [1.82, 2.24) is 0 Å². The zero-order valence-electron chi connectivity index (χ0n) is 8.52. The van der Waals surface area contributed by atoms with E-state index in [1.165, 1.54) is 0 Å². The summed E-state index contributed by atoms with van der Waals surface area (Å²) in [6.45, 7) is 10.1. The van der Waals surface area contributed by atoms with Crippen molar-refractivity contribution in [2.75, 3.05) is 0 Å². The molecule has 0 atom stereocenters. The second kappa shape index (κ2) is 3.66. The summed E-state index contributed by atoms with van der Waals surface area (Å²) < 4.78 is 0. The Bertz CT molecular complexity index is 325. The lowest BCUT2D eigenvalue weighted by molar-refractivity contribution is 0.571. The van der Waals surface area contributed by atoms with E-state index < -0.39 is 0 Å². The summed E-state index contributed by atoms with van der Waals surface area (Å²) in [5.41, 5.74) is 2.16. The van der Waals surface area contributed by atoms with Crippen molar-refractivity contribution >= 4 is 0 Å². The molecule has 1 radical (unpaired) electrons. The lowest BCUT2D eigenvalue weighted by Gasteiger charge is -2.06. The van der Waals surface area contributed by atoms with Crippen LogP contribution in [0.3, 0.4) is 0 Å². The minimum atomic E-state index is 0.0726. The first kappa shape index (κ1) is 9.86. The van der Waals surface area contributed by atoms with Gasteiger partial charge in [-0.25, -0.2) is 0 Å². The first-order valence-corrected chi connectivity index (χ1v) is 4.42. The average Bonchev–Trinajstić information content (AvgIpc) is 2.02. The summed E-state index contributed by atoms with van der Waals surface area (Å²) in [7, 11) is 0. The molecule has 0 unspecified atom stereocenters. The van der Waals surface area contributed by atoms with Crippen molar-refractivity contribution in [3.8, 4) is 11.8 Å². The van der Waals surface area contributed by atoms with E-state index in [0.29, 0.717) is 0 Å². The third-order valence-electron chi connectivity index (χ3n) is 1.54. The molecule has 0 heteroatoms. The molecule has 0 amide bonds. The molecule has 13 heavy (non-hydrogen) atoms. The highest BCUT2D eigenvalue weighted by Crippen LogP contribution is 2.11. The minimum absolute atomic E-state index is 0.0726. The van der Waals surface area contributed by atoms with Gasteiger partial charge < -0.3 is 0 Å². The van der Waals surface area contributed by atoms with Crippen LogP contribution in [-0.2, 0) is 0 Å². The van der Waals surface area contributed by atoms with E-state index in [4.69, 9.17) is 0 Å². The lowest BCUT2D eigenvalue weighted by atomic mass is 9.97. The van der Waals surface area contributed by atoms with Crippen molar-refractivity contribution in [2.45, 2.75) is 20.8 Å². The second-order valence-electron chi connectivity index (χ2n) is 4.20. The summed E-state index contributed by atoms with van der Waals surface area (Å²) in [4.78, 5) is 0. The SMILES string of the molecule is [CH2]c1ccc(C#CC(C)(C)C)cc1. The van der Waals surface area contributed by atoms with Gasteiger partial charge in [-0.1, -0.05) is 24.0 Å². The summed E-state index contributed by atoms with van der Waals surface area (Å²) in [5, 5.41) is 0. The largest absolute Gasteiger partial charge is 0.0920 e. The zero-order chi connectivity index (χ0) is 9.90. The van der Waals surface area contributed by atoms with Gasteiger partial charge in [0.1, 0.15) is 0 Å². The standard InChI is InChI=1S/C13H15/c1-11-5-7-12(8-6-11)9-10-13(2,3)4/h5-8H,1H2,2-4H3. The number of rotatable bonds is 0. The Hall–Kier alpha value is -1.22. The van der Waals surface area contributed by atoms with Gasteiger partial charge in [-0.2, -0.15) is 0 Å². The molecule has 0 aromatic heterocycles. The summed E-state index contributed by atoms with van der Waals surface area (Å²) in [6, 6.07) is 7.96. The quantitative estimate of drug-likeness (QED) is 0.525. The Morgan fingerprint density at radius 2 is 1.62 bits per heavy atom. The summed E-state index contributed by atoms with van der Waals surface area (Å²) in [5.74, 6) is 6.32. The van der Waals surface area contributed by atoms with Crippen molar-refractivity contribution in [1.29, 1.82) is 0 Å². The van der Waals surface area contributed by atoms with Gasteiger partial charge in [0, 0.05) is 11.0 Å². The number of hydrogen-bond acceptors (Lipinski definition) is 0. The van der Waals surface area contributed by atoms with Crippen LogP contribution in [0, 0.1) is 24.2 Å². The molecule has 0 bridgehead atoms. The van der Waals surface area contributed by atoms with Crippen molar-refractivity contribution in [3.05, 3.63) is 42.3 Å². The molecule has 1 aromatic rings. The Kier molecular flexibility index (Phi) is 2.78. The highest BCUT2D eigenvalue weighted by atomic mass is 14.1. The van der Waals surface area contributed by atoms with Crippen LogP contribution in [0.25, 0.3) is 0 Å². The van der Waals surface area contributed by atoms with Crippen LogP contribution in [0.4, 0.5) is 0 Å². The molecule has 0 aliphatic rings. The molecule has 0 aliphatic carbocycles. The van der Waals surface area contributed by atoms with Crippen LogP contribution in [0.1, 0.15) is 31.9 Å². The van der Waals surface area contributed by atoms with Crippen LogP contribution < -0.4 is 0 Å². The third-order valence-corrected chi connectivity index (χ3v) is 1.54. The van der Waals surface area contributed by atoms with Gasteiger partial charge in [-0.05, 0) is 45.4 Å². The fourth-order valence-electron chi connectivity index (χ4n) is 0.848. The van der Waals surface area contributed by atoms with Gasteiger partial charge in [0.25, 0.3) is 0 Å². The smallest absolute Gasteiger partial charge is 0.0245 e. The maximum Gasteiger partial charge on any atom is 0.0245 e. The molecule has 0 saturated carbocycles. The first-order chi connectivity index (χ1) is 5.97. The van der Waals surface area contributed by atoms with E-state index in [1.54, 1.807) is 0 Å². The third kappa shape index (κ3) is 3.80. The van der Waals surface area contributed by atoms with Crippen molar-refractivity contribution in [3.63, 3.8) is 0 Å². The van der Waals surface area contributed by atoms with Crippen LogP contribution >= 0.6 is 0 Å². The molecular weight excluding hydrogens is 156 g/mol.